The van der Waals surface area contributed by atoms with Gasteiger partial charge in [-0.3, -0.25) is 4.79 Å². The van der Waals surface area contributed by atoms with E-state index in [-0.39, 0.29) is 6.42 Å². The molecular formula is C14H21N3O3. The minimum absolute atomic E-state index is 0.107. The zero-order valence-corrected chi connectivity index (χ0v) is 12.2. The molecule has 2 amide bonds. The van der Waals surface area contributed by atoms with E-state index in [1.807, 2.05) is 44.1 Å². The number of nitrogens with one attached hydrogen (secondary N) is 2. The Labute approximate surface area is 118 Å². The van der Waals surface area contributed by atoms with Gasteiger partial charge in [-0.2, -0.15) is 0 Å². The monoisotopic (exact) mass is 279 g/mol. The van der Waals surface area contributed by atoms with Crippen LogP contribution in [-0.4, -0.2) is 37.2 Å². The van der Waals surface area contributed by atoms with Crippen molar-refractivity contribution in [1.82, 2.24) is 5.32 Å². The predicted molar refractivity (Wildman–Crippen MR) is 79.4 cm³/mol. The van der Waals surface area contributed by atoms with Gasteiger partial charge in [0, 0.05) is 31.5 Å². The predicted octanol–water partition coefficient (Wildman–Crippen LogP) is 2.05. The maximum absolute atomic E-state index is 11.7. The molecule has 1 aromatic carbocycles. The van der Waals surface area contributed by atoms with Crippen LogP contribution in [-0.2, 0) is 4.79 Å². The van der Waals surface area contributed by atoms with Crippen molar-refractivity contribution in [3.8, 4) is 0 Å². The summed E-state index contributed by atoms with van der Waals surface area (Å²) in [6, 6.07) is 4.77. The third-order valence-electron chi connectivity index (χ3n) is 2.81. The average Bonchev–Trinajstić information content (AvgIpc) is 2.29. The fourth-order valence-corrected chi connectivity index (χ4v) is 1.87. The van der Waals surface area contributed by atoms with E-state index in [0.29, 0.717) is 5.69 Å². The number of aliphatic carboxylic acids is 1. The lowest BCUT2D eigenvalue weighted by Crippen LogP contribution is -2.37. The number of rotatable bonds is 5. The number of nitrogens with zero attached hydrogens (tertiary/aromatic N) is 1. The van der Waals surface area contributed by atoms with E-state index in [4.69, 9.17) is 5.11 Å². The summed E-state index contributed by atoms with van der Waals surface area (Å²) in [4.78, 5) is 24.2. The fraction of sp³-hybridized carbons (Fsp3) is 0.429. The molecule has 0 fully saturated rings. The Kier molecular flexibility index (Phi) is 5.37. The topological polar surface area (TPSA) is 81.7 Å². The minimum atomic E-state index is -0.942. The van der Waals surface area contributed by atoms with Crippen molar-refractivity contribution in [1.29, 1.82) is 0 Å². The van der Waals surface area contributed by atoms with Gasteiger partial charge in [0.05, 0.1) is 6.42 Å². The second-order valence-corrected chi connectivity index (χ2v) is 4.99. The Bertz CT molecular complexity index is 500. The third kappa shape index (κ3) is 4.79. The molecule has 1 rings (SSSR count). The molecule has 20 heavy (non-hydrogen) atoms. The minimum Gasteiger partial charge on any atom is -0.481 e. The van der Waals surface area contributed by atoms with Gasteiger partial charge in [0.15, 0.2) is 0 Å². The molecule has 1 atom stereocenters. The number of hydrogen-bond donors (Lipinski definition) is 3. The zero-order valence-electron chi connectivity index (χ0n) is 12.2. The Morgan fingerprint density at radius 2 is 2.00 bits per heavy atom. The van der Waals surface area contributed by atoms with Crippen molar-refractivity contribution in [3.05, 3.63) is 23.8 Å². The Balaban J connectivity index is 2.66. The van der Waals surface area contributed by atoms with Gasteiger partial charge in [-0.25, -0.2) is 4.79 Å². The lowest BCUT2D eigenvalue weighted by Gasteiger charge is -2.18. The quantitative estimate of drug-likeness (QED) is 0.770. The number of carboxylic acids is 1. The summed E-state index contributed by atoms with van der Waals surface area (Å²) in [7, 11) is 3.86. The van der Waals surface area contributed by atoms with Crippen LogP contribution in [0.25, 0.3) is 0 Å². The summed E-state index contributed by atoms with van der Waals surface area (Å²) in [5.74, 6) is -0.942. The highest BCUT2D eigenvalue weighted by Crippen LogP contribution is 2.22. The molecule has 0 aliphatic heterocycles. The van der Waals surface area contributed by atoms with Crippen LogP contribution in [0.15, 0.2) is 18.2 Å². The number of amides is 2. The van der Waals surface area contributed by atoms with Crippen molar-refractivity contribution < 1.29 is 14.7 Å². The molecule has 0 heterocycles. The molecule has 0 saturated heterocycles. The highest BCUT2D eigenvalue weighted by atomic mass is 16.4. The molecule has 0 aromatic heterocycles. The fourth-order valence-electron chi connectivity index (χ4n) is 1.87. The number of urea groups is 1. The molecule has 0 aliphatic rings. The SMILES string of the molecule is Cc1ccc(NC(=O)NC(C)CC(=O)O)cc1N(C)C. The summed E-state index contributed by atoms with van der Waals surface area (Å²) in [6.07, 6.45) is -0.107. The number of carbonyl (C=O) groups is 2. The van der Waals surface area contributed by atoms with Gasteiger partial charge >= 0.3 is 12.0 Å². The molecule has 0 bridgehead atoms. The zero-order chi connectivity index (χ0) is 15.3. The van der Waals surface area contributed by atoms with Gasteiger partial charge in [-0.05, 0) is 31.5 Å². The number of hydrogen-bond acceptors (Lipinski definition) is 3. The van der Waals surface area contributed by atoms with Crippen LogP contribution in [0.3, 0.4) is 0 Å². The molecule has 0 radical (unpaired) electrons. The van der Waals surface area contributed by atoms with Crippen LogP contribution < -0.4 is 15.5 Å². The first-order valence-electron chi connectivity index (χ1n) is 6.37. The van der Waals surface area contributed by atoms with E-state index >= 15 is 0 Å². The van der Waals surface area contributed by atoms with Crippen LogP contribution in [0.5, 0.6) is 0 Å². The number of anilines is 2. The molecule has 0 spiro atoms. The van der Waals surface area contributed by atoms with Crippen molar-refractivity contribution >= 4 is 23.4 Å². The highest BCUT2D eigenvalue weighted by Gasteiger charge is 2.11. The number of carbonyl (C=O) groups excluding carboxylic acids is 1. The second-order valence-electron chi connectivity index (χ2n) is 4.99. The summed E-state index contributed by atoms with van der Waals surface area (Å²) in [5, 5.41) is 13.9. The number of carboxylic acid groups (broad SMARTS) is 1. The molecule has 6 heteroatoms. The maximum atomic E-state index is 11.7. The Morgan fingerprint density at radius 3 is 2.55 bits per heavy atom. The van der Waals surface area contributed by atoms with Crippen molar-refractivity contribution in [2.75, 3.05) is 24.3 Å². The van der Waals surface area contributed by atoms with Crippen LogP contribution in [0.1, 0.15) is 18.9 Å². The van der Waals surface area contributed by atoms with Gasteiger partial charge < -0.3 is 20.6 Å². The highest BCUT2D eigenvalue weighted by molar-refractivity contribution is 5.90. The van der Waals surface area contributed by atoms with Gasteiger partial charge in [0.1, 0.15) is 0 Å². The lowest BCUT2D eigenvalue weighted by atomic mass is 10.1. The normalized spacial score (nSPS) is 11.6. The van der Waals surface area contributed by atoms with E-state index in [9.17, 15) is 9.59 Å². The van der Waals surface area contributed by atoms with Crippen molar-refractivity contribution in [3.63, 3.8) is 0 Å². The lowest BCUT2D eigenvalue weighted by molar-refractivity contribution is -0.137. The van der Waals surface area contributed by atoms with E-state index < -0.39 is 18.0 Å². The standard InChI is InChI=1S/C14H21N3O3/c1-9-5-6-11(8-12(9)17(3)4)16-14(20)15-10(2)7-13(18)19/h5-6,8,10H,7H2,1-4H3,(H,18,19)(H2,15,16,20). The number of benzene rings is 1. The first kappa shape index (κ1) is 15.8. The summed E-state index contributed by atoms with van der Waals surface area (Å²) in [6.45, 7) is 3.64. The van der Waals surface area contributed by atoms with Crippen LogP contribution >= 0.6 is 0 Å². The van der Waals surface area contributed by atoms with Crippen molar-refractivity contribution in [2.24, 2.45) is 0 Å². The van der Waals surface area contributed by atoms with E-state index in [1.165, 1.54) is 0 Å². The third-order valence-corrected chi connectivity index (χ3v) is 2.81. The van der Waals surface area contributed by atoms with Crippen LogP contribution in [0.4, 0.5) is 16.2 Å². The van der Waals surface area contributed by atoms with Gasteiger partial charge in [0.2, 0.25) is 0 Å². The molecule has 1 unspecified atom stereocenters. The molecule has 1 aromatic rings. The summed E-state index contributed by atoms with van der Waals surface area (Å²) >= 11 is 0. The van der Waals surface area contributed by atoms with Gasteiger partial charge in [-0.15, -0.1) is 0 Å². The Morgan fingerprint density at radius 1 is 1.35 bits per heavy atom. The second kappa shape index (κ2) is 6.79. The molecule has 3 N–H and O–H groups in total. The summed E-state index contributed by atoms with van der Waals surface area (Å²) < 4.78 is 0. The van der Waals surface area contributed by atoms with E-state index in [2.05, 4.69) is 10.6 Å². The van der Waals surface area contributed by atoms with Crippen LogP contribution in [0.2, 0.25) is 0 Å². The maximum Gasteiger partial charge on any atom is 0.319 e. The first-order chi connectivity index (χ1) is 9.29. The summed E-state index contributed by atoms with van der Waals surface area (Å²) in [5.41, 5.74) is 2.79. The largest absolute Gasteiger partial charge is 0.481 e. The molecular weight excluding hydrogens is 258 g/mol. The first-order valence-corrected chi connectivity index (χ1v) is 6.37. The van der Waals surface area contributed by atoms with Gasteiger partial charge in [-0.1, -0.05) is 6.07 Å². The van der Waals surface area contributed by atoms with E-state index in [0.717, 1.165) is 11.3 Å². The molecule has 110 valence electrons. The van der Waals surface area contributed by atoms with E-state index in [1.54, 1.807) is 6.92 Å². The molecule has 0 saturated carbocycles. The molecule has 0 aliphatic carbocycles. The molecule has 6 nitrogen and oxygen atoms in total. The Hall–Kier alpha value is -2.24. The average molecular weight is 279 g/mol. The number of aryl methyl sites for hydroxylation is 1. The van der Waals surface area contributed by atoms with Gasteiger partial charge in [0.25, 0.3) is 0 Å². The van der Waals surface area contributed by atoms with Crippen molar-refractivity contribution in [2.45, 2.75) is 26.3 Å². The van der Waals surface area contributed by atoms with Crippen LogP contribution in [0, 0.1) is 6.92 Å². The smallest absolute Gasteiger partial charge is 0.319 e.